The van der Waals surface area contributed by atoms with Crippen molar-refractivity contribution in [2.24, 2.45) is 11.8 Å². The van der Waals surface area contributed by atoms with E-state index in [1.54, 1.807) is 13.0 Å². The third-order valence-corrected chi connectivity index (χ3v) is 2.32. The fraction of sp³-hybridized carbons (Fsp3) is 0.444. The largest absolute Gasteiger partial charge is 0.481 e. The van der Waals surface area contributed by atoms with Crippen LogP contribution in [0.2, 0.25) is 0 Å². The molecule has 15 heavy (non-hydrogen) atoms. The van der Waals surface area contributed by atoms with E-state index in [-0.39, 0.29) is 11.8 Å². The lowest BCUT2D eigenvalue weighted by Gasteiger charge is -1.97. The molecule has 1 aliphatic rings. The number of amides is 1. The second kappa shape index (κ2) is 3.38. The van der Waals surface area contributed by atoms with Gasteiger partial charge in [-0.25, -0.2) is 0 Å². The number of carbonyl (C=O) groups excluding carboxylic acids is 1. The molecule has 2 rings (SSSR count). The number of carboxylic acids is 1. The number of rotatable bonds is 3. The van der Waals surface area contributed by atoms with E-state index < -0.39 is 17.8 Å². The van der Waals surface area contributed by atoms with Crippen LogP contribution in [0, 0.1) is 18.8 Å². The Labute approximate surface area is 85.2 Å². The number of aryl methyl sites for hydroxylation is 1. The maximum Gasteiger partial charge on any atom is 0.307 e. The van der Waals surface area contributed by atoms with Crippen LogP contribution in [0.25, 0.3) is 0 Å². The topological polar surface area (TPSA) is 92.4 Å². The standard InChI is InChI=1S/C9H10N2O4/c1-4-2-7(15-11-4)10-8(12)5-3-6(5)9(13)14/h2,5-6H,3H2,1H3,(H,10,12)(H,13,14)/t5-,6+/m1/s1. The van der Waals surface area contributed by atoms with Gasteiger partial charge in [0.2, 0.25) is 11.8 Å². The molecule has 0 aromatic carbocycles. The molecule has 1 fully saturated rings. The van der Waals surface area contributed by atoms with Gasteiger partial charge < -0.3 is 9.63 Å². The molecule has 0 spiro atoms. The van der Waals surface area contributed by atoms with Crippen molar-refractivity contribution in [1.29, 1.82) is 0 Å². The molecule has 1 aromatic heterocycles. The van der Waals surface area contributed by atoms with Crippen LogP contribution < -0.4 is 5.32 Å². The van der Waals surface area contributed by atoms with E-state index in [9.17, 15) is 9.59 Å². The number of aromatic nitrogens is 1. The van der Waals surface area contributed by atoms with Crippen LogP contribution in [0.3, 0.4) is 0 Å². The molecule has 0 saturated heterocycles. The van der Waals surface area contributed by atoms with Gasteiger partial charge in [0.05, 0.1) is 17.5 Å². The van der Waals surface area contributed by atoms with Gasteiger partial charge in [0, 0.05) is 6.07 Å². The van der Waals surface area contributed by atoms with Crippen LogP contribution in [0.15, 0.2) is 10.6 Å². The Morgan fingerprint density at radius 1 is 1.60 bits per heavy atom. The molecule has 1 heterocycles. The van der Waals surface area contributed by atoms with Crippen molar-refractivity contribution in [2.75, 3.05) is 5.32 Å². The van der Waals surface area contributed by atoms with Crippen LogP contribution in [-0.4, -0.2) is 22.1 Å². The average Bonchev–Trinajstić information content (AvgIpc) is 2.86. The van der Waals surface area contributed by atoms with Gasteiger partial charge in [-0.05, 0) is 13.3 Å². The molecule has 0 radical (unpaired) electrons. The maximum atomic E-state index is 11.4. The highest BCUT2D eigenvalue weighted by molar-refractivity contribution is 5.97. The number of hydrogen-bond acceptors (Lipinski definition) is 4. The number of anilines is 1. The molecule has 2 N–H and O–H groups in total. The minimum atomic E-state index is -0.927. The predicted molar refractivity (Wildman–Crippen MR) is 49.1 cm³/mol. The molecule has 0 unspecified atom stereocenters. The highest BCUT2D eigenvalue weighted by Gasteiger charge is 2.48. The number of nitrogens with zero attached hydrogens (tertiary/aromatic N) is 1. The van der Waals surface area contributed by atoms with Gasteiger partial charge in [0.15, 0.2) is 0 Å². The summed E-state index contributed by atoms with van der Waals surface area (Å²) >= 11 is 0. The van der Waals surface area contributed by atoms with Crippen molar-refractivity contribution < 1.29 is 19.2 Å². The first-order chi connectivity index (χ1) is 7.08. The minimum Gasteiger partial charge on any atom is -0.481 e. The molecule has 1 aromatic rings. The Hall–Kier alpha value is -1.85. The molecule has 80 valence electrons. The van der Waals surface area contributed by atoms with Crippen LogP contribution in [0.5, 0.6) is 0 Å². The first-order valence-corrected chi connectivity index (χ1v) is 4.55. The molecule has 2 atom stereocenters. The highest BCUT2D eigenvalue weighted by Crippen LogP contribution is 2.39. The Kier molecular flexibility index (Phi) is 2.18. The van der Waals surface area contributed by atoms with Crippen molar-refractivity contribution in [3.63, 3.8) is 0 Å². The van der Waals surface area contributed by atoms with Crippen LogP contribution in [-0.2, 0) is 9.59 Å². The zero-order valence-corrected chi connectivity index (χ0v) is 8.06. The van der Waals surface area contributed by atoms with Crippen LogP contribution >= 0.6 is 0 Å². The van der Waals surface area contributed by atoms with Crippen molar-refractivity contribution in [2.45, 2.75) is 13.3 Å². The van der Waals surface area contributed by atoms with Gasteiger partial charge in [-0.2, -0.15) is 0 Å². The second-order valence-electron chi connectivity index (χ2n) is 3.61. The average molecular weight is 210 g/mol. The fourth-order valence-electron chi connectivity index (χ4n) is 1.39. The van der Waals surface area contributed by atoms with Crippen molar-refractivity contribution in [3.05, 3.63) is 11.8 Å². The molecule has 1 saturated carbocycles. The molecule has 1 amide bonds. The third-order valence-electron chi connectivity index (χ3n) is 2.32. The molecule has 6 nitrogen and oxygen atoms in total. The van der Waals surface area contributed by atoms with Crippen molar-refractivity contribution >= 4 is 17.8 Å². The zero-order valence-electron chi connectivity index (χ0n) is 8.06. The fourth-order valence-corrected chi connectivity index (χ4v) is 1.39. The van der Waals surface area contributed by atoms with Gasteiger partial charge >= 0.3 is 5.97 Å². The van der Waals surface area contributed by atoms with Crippen molar-refractivity contribution in [3.8, 4) is 0 Å². The summed E-state index contributed by atoms with van der Waals surface area (Å²) in [6.07, 6.45) is 0.397. The highest BCUT2D eigenvalue weighted by atomic mass is 16.5. The SMILES string of the molecule is Cc1cc(NC(=O)[C@@H]2C[C@@H]2C(=O)O)on1. The van der Waals surface area contributed by atoms with Gasteiger partial charge in [0.1, 0.15) is 0 Å². The summed E-state index contributed by atoms with van der Waals surface area (Å²) in [5, 5.41) is 14.7. The van der Waals surface area contributed by atoms with Crippen LogP contribution in [0.4, 0.5) is 5.88 Å². The van der Waals surface area contributed by atoms with E-state index in [4.69, 9.17) is 9.63 Å². The summed E-state index contributed by atoms with van der Waals surface area (Å²) in [6.45, 7) is 1.73. The molecule has 0 aliphatic heterocycles. The van der Waals surface area contributed by atoms with Gasteiger partial charge in [-0.15, -0.1) is 0 Å². The number of hydrogen-bond donors (Lipinski definition) is 2. The minimum absolute atomic E-state index is 0.258. The molecule has 1 aliphatic carbocycles. The third kappa shape index (κ3) is 1.98. The molecule has 0 bridgehead atoms. The Morgan fingerprint density at radius 3 is 2.80 bits per heavy atom. The smallest absolute Gasteiger partial charge is 0.307 e. The van der Waals surface area contributed by atoms with Crippen LogP contribution in [0.1, 0.15) is 12.1 Å². The quantitative estimate of drug-likeness (QED) is 0.763. The van der Waals surface area contributed by atoms with Gasteiger partial charge in [0.25, 0.3) is 0 Å². The van der Waals surface area contributed by atoms with E-state index >= 15 is 0 Å². The number of nitrogens with one attached hydrogen (secondary N) is 1. The second-order valence-corrected chi connectivity index (χ2v) is 3.61. The summed E-state index contributed by atoms with van der Waals surface area (Å²) in [6, 6.07) is 1.58. The van der Waals surface area contributed by atoms with E-state index in [1.807, 2.05) is 0 Å². The normalized spacial score (nSPS) is 23.5. The molecular weight excluding hydrogens is 200 g/mol. The summed E-state index contributed by atoms with van der Waals surface area (Å²) in [4.78, 5) is 22.0. The Balaban J connectivity index is 1.92. The Bertz CT molecular complexity index is 412. The lowest BCUT2D eigenvalue weighted by atomic mass is 10.3. The van der Waals surface area contributed by atoms with E-state index in [0.29, 0.717) is 12.1 Å². The Morgan fingerprint density at radius 2 is 2.33 bits per heavy atom. The molecule has 6 heteroatoms. The summed E-state index contributed by atoms with van der Waals surface area (Å²) in [5.74, 6) is -1.97. The number of carboxylic acid groups (broad SMARTS) is 1. The lowest BCUT2D eigenvalue weighted by molar-refractivity contribution is -0.139. The summed E-state index contributed by atoms with van der Waals surface area (Å²) < 4.78 is 4.78. The van der Waals surface area contributed by atoms with E-state index in [0.717, 1.165) is 0 Å². The molecular formula is C9H10N2O4. The number of aliphatic carboxylic acids is 1. The maximum absolute atomic E-state index is 11.4. The van der Waals surface area contributed by atoms with Gasteiger partial charge in [-0.1, -0.05) is 5.16 Å². The first-order valence-electron chi connectivity index (χ1n) is 4.55. The lowest BCUT2D eigenvalue weighted by Crippen LogP contribution is -2.16. The summed E-state index contributed by atoms with van der Waals surface area (Å²) in [5.41, 5.74) is 0.663. The monoisotopic (exact) mass is 210 g/mol. The zero-order chi connectivity index (χ0) is 11.0. The number of carbonyl (C=O) groups is 2. The van der Waals surface area contributed by atoms with Crippen molar-refractivity contribution in [1.82, 2.24) is 5.16 Å². The van der Waals surface area contributed by atoms with Gasteiger partial charge in [-0.3, -0.25) is 14.9 Å². The summed E-state index contributed by atoms with van der Waals surface area (Å²) in [7, 11) is 0. The first kappa shape index (κ1) is 9.70. The predicted octanol–water partition coefficient (Wildman–Crippen LogP) is 0.642. The van der Waals surface area contributed by atoms with E-state index in [2.05, 4.69) is 10.5 Å². The van der Waals surface area contributed by atoms with E-state index in [1.165, 1.54) is 0 Å².